The van der Waals surface area contributed by atoms with Gasteiger partial charge in [0.25, 0.3) is 0 Å². The number of rotatable bonds is 4. The second-order valence-corrected chi connectivity index (χ2v) is 7.72. The average Bonchev–Trinajstić information content (AvgIpc) is 3.25. The fourth-order valence-electron chi connectivity index (χ4n) is 4.62. The molecule has 0 unspecified atom stereocenters. The van der Waals surface area contributed by atoms with Crippen molar-refractivity contribution in [3.05, 3.63) is 132 Å². The standard InChI is InChI=1S/C26H22BO2.Li/c1-5-13-22(14-6-1)26(23-15-7-2-8-16-23)21-27(29-28-26,24-17-9-3-10-18-24)25-19-11-4-12-20-25;/h1-20H,21H2;/q-1;+1. The molecular weight excluding hydrogens is 362 g/mol. The summed E-state index contributed by atoms with van der Waals surface area (Å²) in [5.41, 5.74) is 3.82. The average molecular weight is 384 g/mol. The van der Waals surface area contributed by atoms with E-state index in [1.54, 1.807) is 0 Å². The topological polar surface area (TPSA) is 18.5 Å². The molecule has 0 atom stereocenters. The molecule has 4 aromatic rings. The fraction of sp³-hybridized carbons (Fsp3) is 0.0769. The quantitative estimate of drug-likeness (QED) is 0.394. The molecule has 1 fully saturated rings. The summed E-state index contributed by atoms with van der Waals surface area (Å²) >= 11 is 0. The molecule has 30 heavy (non-hydrogen) atoms. The minimum Gasteiger partial charge on any atom is -0.443 e. The summed E-state index contributed by atoms with van der Waals surface area (Å²) in [6.45, 7) is 0. The Morgan fingerprint density at radius 1 is 0.533 bits per heavy atom. The van der Waals surface area contributed by atoms with Crippen molar-refractivity contribution < 1.29 is 28.6 Å². The molecule has 2 nitrogen and oxygen atoms in total. The van der Waals surface area contributed by atoms with Crippen LogP contribution in [0.4, 0.5) is 0 Å². The summed E-state index contributed by atoms with van der Waals surface area (Å²) in [5, 5.41) is 0. The van der Waals surface area contributed by atoms with E-state index < -0.39 is 11.9 Å². The van der Waals surface area contributed by atoms with Crippen molar-refractivity contribution in [1.82, 2.24) is 0 Å². The van der Waals surface area contributed by atoms with Gasteiger partial charge in [0.1, 0.15) is 5.60 Å². The second kappa shape index (κ2) is 8.68. The van der Waals surface area contributed by atoms with Crippen LogP contribution >= 0.6 is 0 Å². The van der Waals surface area contributed by atoms with Gasteiger partial charge in [-0.2, -0.15) is 10.9 Å². The first-order valence-electron chi connectivity index (χ1n) is 10.1. The van der Waals surface area contributed by atoms with Gasteiger partial charge in [-0.15, -0.1) is 6.32 Å². The van der Waals surface area contributed by atoms with Gasteiger partial charge in [0.05, 0.1) is 0 Å². The summed E-state index contributed by atoms with van der Waals surface area (Å²) in [4.78, 5) is 12.8. The Morgan fingerprint density at radius 2 is 0.900 bits per heavy atom. The molecule has 5 rings (SSSR count). The molecule has 1 aliphatic rings. The molecule has 0 radical (unpaired) electrons. The van der Waals surface area contributed by atoms with Gasteiger partial charge in [0.15, 0.2) is 0 Å². The number of hydrogen-bond donors (Lipinski definition) is 0. The summed E-state index contributed by atoms with van der Waals surface area (Å²) in [7, 11) is 0. The maximum absolute atomic E-state index is 6.40. The molecule has 4 heteroatoms. The van der Waals surface area contributed by atoms with Crippen LogP contribution in [-0.2, 0) is 15.3 Å². The van der Waals surface area contributed by atoms with Gasteiger partial charge in [0.2, 0.25) is 6.35 Å². The summed E-state index contributed by atoms with van der Waals surface area (Å²) < 4.78 is 0. The van der Waals surface area contributed by atoms with Crippen LogP contribution in [0.3, 0.4) is 0 Å². The molecule has 1 heterocycles. The van der Waals surface area contributed by atoms with E-state index in [4.69, 9.17) is 9.69 Å². The first kappa shape index (κ1) is 20.7. The van der Waals surface area contributed by atoms with Gasteiger partial charge in [-0.25, -0.2) is 0 Å². The van der Waals surface area contributed by atoms with Crippen molar-refractivity contribution in [3.63, 3.8) is 0 Å². The summed E-state index contributed by atoms with van der Waals surface area (Å²) in [5.74, 6) is 0. The van der Waals surface area contributed by atoms with Crippen molar-refractivity contribution in [2.45, 2.75) is 11.9 Å². The van der Waals surface area contributed by atoms with Crippen molar-refractivity contribution in [1.29, 1.82) is 0 Å². The van der Waals surface area contributed by atoms with Crippen LogP contribution in [0.15, 0.2) is 121 Å². The van der Waals surface area contributed by atoms with Gasteiger partial charge in [-0.05, 0) is 11.1 Å². The number of hydrogen-bond acceptors (Lipinski definition) is 2. The molecule has 0 aliphatic carbocycles. The van der Waals surface area contributed by atoms with E-state index in [0.29, 0.717) is 6.32 Å². The zero-order chi connectivity index (χ0) is 19.6. The van der Waals surface area contributed by atoms with E-state index in [1.807, 2.05) is 24.3 Å². The minimum atomic E-state index is -1.56. The van der Waals surface area contributed by atoms with E-state index in [2.05, 4.69) is 97.1 Å². The van der Waals surface area contributed by atoms with Gasteiger partial charge in [-0.3, -0.25) is 4.89 Å². The van der Waals surface area contributed by atoms with Crippen LogP contribution in [0.25, 0.3) is 0 Å². The normalized spacial score (nSPS) is 16.5. The molecule has 0 bridgehead atoms. The van der Waals surface area contributed by atoms with Crippen LogP contribution in [-0.4, -0.2) is 6.35 Å². The third-order valence-corrected chi connectivity index (χ3v) is 6.09. The maximum Gasteiger partial charge on any atom is 1.00 e. The van der Waals surface area contributed by atoms with Crippen molar-refractivity contribution in [2.75, 3.05) is 0 Å². The molecule has 0 N–H and O–H groups in total. The van der Waals surface area contributed by atoms with Gasteiger partial charge in [-0.1, -0.05) is 121 Å². The number of benzene rings is 4. The van der Waals surface area contributed by atoms with Gasteiger partial charge < -0.3 is 4.81 Å². The van der Waals surface area contributed by atoms with Crippen molar-refractivity contribution in [2.24, 2.45) is 0 Å². The molecule has 0 aromatic heterocycles. The molecule has 1 saturated heterocycles. The first-order valence-corrected chi connectivity index (χ1v) is 10.1. The maximum atomic E-state index is 6.40. The van der Waals surface area contributed by atoms with E-state index in [-0.39, 0.29) is 18.9 Å². The molecular formula is C26H22BLiO2. The molecule has 0 amide bonds. The second-order valence-electron chi connectivity index (χ2n) is 7.72. The smallest absolute Gasteiger partial charge is 0.443 e. The van der Waals surface area contributed by atoms with Crippen LogP contribution in [0.5, 0.6) is 0 Å². The largest absolute Gasteiger partial charge is 1.00 e. The predicted molar refractivity (Wildman–Crippen MR) is 119 cm³/mol. The van der Waals surface area contributed by atoms with E-state index in [1.165, 1.54) is 0 Å². The first-order chi connectivity index (χ1) is 14.3. The third kappa shape index (κ3) is 3.45. The Balaban J connectivity index is 0.00000218. The van der Waals surface area contributed by atoms with Crippen LogP contribution in [0.2, 0.25) is 6.32 Å². The van der Waals surface area contributed by atoms with E-state index >= 15 is 0 Å². The Kier molecular flexibility index (Phi) is 5.99. The van der Waals surface area contributed by atoms with Crippen LogP contribution < -0.4 is 29.8 Å². The van der Waals surface area contributed by atoms with Crippen LogP contribution in [0.1, 0.15) is 11.1 Å². The Morgan fingerprint density at radius 3 is 1.30 bits per heavy atom. The monoisotopic (exact) mass is 384 g/mol. The molecule has 0 spiro atoms. The van der Waals surface area contributed by atoms with Crippen LogP contribution in [0, 0.1) is 0 Å². The molecule has 1 aliphatic heterocycles. The van der Waals surface area contributed by atoms with Crippen molar-refractivity contribution in [3.8, 4) is 0 Å². The molecule has 4 aromatic carbocycles. The third-order valence-electron chi connectivity index (χ3n) is 6.09. The zero-order valence-corrected chi connectivity index (χ0v) is 17.1. The molecule has 142 valence electrons. The summed E-state index contributed by atoms with van der Waals surface area (Å²) in [6.07, 6.45) is -0.855. The summed E-state index contributed by atoms with van der Waals surface area (Å²) in [6, 6.07) is 41.7. The predicted octanol–water partition coefficient (Wildman–Crippen LogP) is 1.66. The minimum absolute atomic E-state index is 0. The van der Waals surface area contributed by atoms with Gasteiger partial charge >= 0.3 is 18.9 Å². The Labute approximate surface area is 189 Å². The molecule has 0 saturated carbocycles. The van der Waals surface area contributed by atoms with E-state index in [0.717, 1.165) is 22.1 Å². The van der Waals surface area contributed by atoms with E-state index in [9.17, 15) is 0 Å². The zero-order valence-electron chi connectivity index (χ0n) is 17.1. The van der Waals surface area contributed by atoms with Gasteiger partial charge in [0, 0.05) is 0 Å². The fourth-order valence-corrected chi connectivity index (χ4v) is 4.62. The van der Waals surface area contributed by atoms with Crippen molar-refractivity contribution >= 4 is 17.3 Å². The Hall–Kier alpha value is -2.54. The Bertz CT molecular complexity index is 905. The SMILES string of the molecule is [Li+].c1ccc([B-]2(c3ccccc3)CC(c3ccccc3)(c3ccccc3)OO2)cc1.